The smallest absolute Gasteiger partial charge is 0.304 e. The zero-order valence-corrected chi connectivity index (χ0v) is 17.9. The second kappa shape index (κ2) is 8.40. The first-order valence-corrected chi connectivity index (χ1v) is 10.9. The Kier molecular flexibility index (Phi) is 5.85. The van der Waals surface area contributed by atoms with Crippen LogP contribution in [0.3, 0.4) is 0 Å². The van der Waals surface area contributed by atoms with Gasteiger partial charge < -0.3 is 10.2 Å². The Balaban J connectivity index is 1.59. The topological polar surface area (TPSA) is 64.0 Å². The number of hydrogen-bond donors (Lipinski definition) is 2. The molecule has 5 nitrogen and oxygen atoms in total. The number of piperazine rings is 1. The lowest BCUT2D eigenvalue weighted by Crippen LogP contribution is -2.61. The molecule has 160 valence electrons. The van der Waals surface area contributed by atoms with Gasteiger partial charge in [-0.25, -0.2) is 0 Å². The van der Waals surface area contributed by atoms with Gasteiger partial charge in [0.25, 0.3) is 0 Å². The molecule has 5 heteroatoms. The highest BCUT2D eigenvalue weighted by Gasteiger charge is 2.46. The van der Waals surface area contributed by atoms with Crippen molar-refractivity contribution in [3.8, 4) is 5.75 Å². The summed E-state index contributed by atoms with van der Waals surface area (Å²) < 4.78 is 0. The maximum atomic E-state index is 11.3. The lowest BCUT2D eigenvalue weighted by atomic mass is 9.65. The van der Waals surface area contributed by atoms with Crippen molar-refractivity contribution >= 4 is 5.97 Å². The maximum Gasteiger partial charge on any atom is 0.304 e. The van der Waals surface area contributed by atoms with Gasteiger partial charge in [0.05, 0.1) is 6.42 Å². The number of benzene rings is 2. The number of aromatic hydroxyl groups is 1. The summed E-state index contributed by atoms with van der Waals surface area (Å²) in [5.74, 6) is 0.0304. The van der Waals surface area contributed by atoms with E-state index in [0.717, 1.165) is 26.1 Å². The van der Waals surface area contributed by atoms with Crippen LogP contribution in [-0.4, -0.2) is 58.2 Å². The number of aliphatic carboxylic acids is 1. The summed E-state index contributed by atoms with van der Waals surface area (Å²) >= 11 is 0. The molecule has 2 heterocycles. The molecule has 2 fully saturated rings. The summed E-state index contributed by atoms with van der Waals surface area (Å²) in [7, 11) is 0. The van der Waals surface area contributed by atoms with Crippen LogP contribution in [0, 0.1) is 5.92 Å². The number of hydrogen-bond acceptors (Lipinski definition) is 4. The first kappa shape index (κ1) is 20.9. The number of nitrogens with zero attached hydrogens (tertiary/aromatic N) is 2. The van der Waals surface area contributed by atoms with E-state index >= 15 is 0 Å². The lowest BCUT2D eigenvalue weighted by Gasteiger charge is -2.55. The zero-order valence-electron chi connectivity index (χ0n) is 17.9. The third-order valence-electron chi connectivity index (χ3n) is 7.37. The van der Waals surface area contributed by atoms with Crippen LogP contribution in [0.15, 0.2) is 54.6 Å². The van der Waals surface area contributed by atoms with Gasteiger partial charge in [-0.1, -0.05) is 56.3 Å². The molecule has 2 saturated heterocycles. The summed E-state index contributed by atoms with van der Waals surface area (Å²) in [5.41, 5.74) is 2.44. The van der Waals surface area contributed by atoms with Gasteiger partial charge in [0, 0.05) is 38.3 Å². The fourth-order valence-electron chi connectivity index (χ4n) is 5.40. The van der Waals surface area contributed by atoms with Crippen molar-refractivity contribution in [2.75, 3.05) is 26.2 Å². The molecule has 0 aromatic heterocycles. The molecule has 0 saturated carbocycles. The molecule has 2 aliphatic rings. The van der Waals surface area contributed by atoms with E-state index in [-0.39, 0.29) is 17.9 Å². The predicted octanol–water partition coefficient (Wildman–Crippen LogP) is 3.89. The minimum atomic E-state index is -0.744. The molecular weight excluding hydrogens is 376 g/mol. The highest BCUT2D eigenvalue weighted by molar-refractivity contribution is 5.66. The van der Waals surface area contributed by atoms with Gasteiger partial charge in [0.2, 0.25) is 0 Å². The molecule has 3 unspecified atom stereocenters. The minimum absolute atomic E-state index is 0.0159. The van der Waals surface area contributed by atoms with Crippen molar-refractivity contribution < 1.29 is 15.0 Å². The summed E-state index contributed by atoms with van der Waals surface area (Å²) in [4.78, 5) is 16.2. The molecule has 0 bridgehead atoms. The van der Waals surface area contributed by atoms with E-state index in [1.165, 1.54) is 11.1 Å². The van der Waals surface area contributed by atoms with Gasteiger partial charge in [0.15, 0.2) is 0 Å². The molecule has 4 rings (SSSR count). The van der Waals surface area contributed by atoms with Gasteiger partial charge in [0.1, 0.15) is 5.75 Å². The third-order valence-corrected chi connectivity index (χ3v) is 7.37. The lowest BCUT2D eigenvalue weighted by molar-refractivity contribution is -0.138. The second-order valence-electron chi connectivity index (χ2n) is 9.25. The highest BCUT2D eigenvalue weighted by Crippen LogP contribution is 2.45. The van der Waals surface area contributed by atoms with Crippen LogP contribution < -0.4 is 0 Å². The monoisotopic (exact) mass is 408 g/mol. The SMILES string of the molecule is CC1CN2CC(c3ccccc3)N(CCC(=O)O)CC2C[C@@]1(C)c1cccc(O)c1. The summed E-state index contributed by atoms with van der Waals surface area (Å²) in [5, 5.41) is 19.3. The van der Waals surface area contributed by atoms with E-state index in [9.17, 15) is 15.0 Å². The summed E-state index contributed by atoms with van der Waals surface area (Å²) in [6, 6.07) is 18.8. The fourth-order valence-corrected chi connectivity index (χ4v) is 5.40. The van der Waals surface area contributed by atoms with Crippen LogP contribution in [0.25, 0.3) is 0 Å². The van der Waals surface area contributed by atoms with E-state index in [4.69, 9.17) is 0 Å². The number of fused-ring (bicyclic) bond motifs is 1. The maximum absolute atomic E-state index is 11.3. The van der Waals surface area contributed by atoms with Crippen LogP contribution >= 0.6 is 0 Å². The molecule has 0 spiro atoms. The first-order chi connectivity index (χ1) is 14.4. The Morgan fingerprint density at radius 2 is 1.87 bits per heavy atom. The van der Waals surface area contributed by atoms with Crippen LogP contribution in [0.1, 0.15) is 43.9 Å². The number of rotatable bonds is 5. The van der Waals surface area contributed by atoms with Crippen molar-refractivity contribution in [2.24, 2.45) is 5.92 Å². The second-order valence-corrected chi connectivity index (χ2v) is 9.25. The highest BCUT2D eigenvalue weighted by atomic mass is 16.4. The Morgan fingerprint density at radius 1 is 1.10 bits per heavy atom. The van der Waals surface area contributed by atoms with Crippen molar-refractivity contribution in [2.45, 2.75) is 44.2 Å². The van der Waals surface area contributed by atoms with Gasteiger partial charge in [-0.05, 0) is 41.0 Å². The number of piperidine rings is 1. The zero-order chi connectivity index (χ0) is 21.3. The first-order valence-electron chi connectivity index (χ1n) is 10.9. The third kappa shape index (κ3) is 4.09. The molecule has 30 heavy (non-hydrogen) atoms. The van der Waals surface area contributed by atoms with Crippen molar-refractivity contribution in [1.82, 2.24) is 9.80 Å². The number of carboxylic acid groups (broad SMARTS) is 1. The average Bonchev–Trinajstić information content (AvgIpc) is 2.73. The number of phenolic OH excluding ortho intramolecular Hbond substituents is 1. The van der Waals surface area contributed by atoms with Crippen LogP contribution in [0.2, 0.25) is 0 Å². The normalized spacial score (nSPS) is 30.0. The quantitative estimate of drug-likeness (QED) is 0.786. The van der Waals surface area contributed by atoms with Gasteiger partial charge >= 0.3 is 5.97 Å². The van der Waals surface area contributed by atoms with Gasteiger partial charge in [-0.3, -0.25) is 14.6 Å². The molecule has 0 aliphatic carbocycles. The number of phenols is 1. The molecule has 4 atom stereocenters. The number of carbonyl (C=O) groups is 1. The van der Waals surface area contributed by atoms with Crippen LogP contribution in [-0.2, 0) is 10.2 Å². The Morgan fingerprint density at radius 3 is 2.57 bits per heavy atom. The van der Waals surface area contributed by atoms with E-state index in [1.807, 2.05) is 18.2 Å². The van der Waals surface area contributed by atoms with Gasteiger partial charge in [-0.15, -0.1) is 0 Å². The molecule has 2 N–H and O–H groups in total. The van der Waals surface area contributed by atoms with Crippen molar-refractivity contribution in [3.63, 3.8) is 0 Å². The van der Waals surface area contributed by atoms with Crippen molar-refractivity contribution in [1.29, 1.82) is 0 Å². The van der Waals surface area contributed by atoms with Crippen LogP contribution in [0.5, 0.6) is 5.75 Å². The van der Waals surface area contributed by atoms with E-state index in [1.54, 1.807) is 6.07 Å². The van der Waals surface area contributed by atoms with Crippen molar-refractivity contribution in [3.05, 3.63) is 65.7 Å². The van der Waals surface area contributed by atoms with E-state index < -0.39 is 5.97 Å². The predicted molar refractivity (Wildman–Crippen MR) is 118 cm³/mol. The molecule has 2 aromatic rings. The molecule has 2 aliphatic heterocycles. The Hall–Kier alpha value is -2.37. The van der Waals surface area contributed by atoms with Gasteiger partial charge in [-0.2, -0.15) is 0 Å². The van der Waals surface area contributed by atoms with Crippen LogP contribution in [0.4, 0.5) is 0 Å². The van der Waals surface area contributed by atoms with E-state index in [2.05, 4.69) is 54.0 Å². The standard InChI is InChI=1S/C25H32N2O3/c1-18-15-27-17-23(19-7-4-3-5-8-19)26(12-11-24(29)30)16-21(27)14-25(18,2)20-9-6-10-22(28)13-20/h3-10,13,18,21,23,28H,11-12,14-17H2,1-2H3,(H,29,30)/t18?,21?,23?,25-/m1/s1. The summed E-state index contributed by atoms with van der Waals surface area (Å²) in [6.07, 6.45) is 1.17. The minimum Gasteiger partial charge on any atom is -0.508 e. The molecule has 2 aromatic carbocycles. The van der Waals surface area contributed by atoms with E-state index in [0.29, 0.717) is 24.3 Å². The Labute approximate surface area is 178 Å². The Bertz CT molecular complexity index is 887. The fraction of sp³-hybridized carbons (Fsp3) is 0.480. The molecule has 0 radical (unpaired) electrons. The summed E-state index contributed by atoms with van der Waals surface area (Å²) in [6.45, 7) is 8.00. The molecule has 0 amide bonds. The molecular formula is C25H32N2O3. The average molecular weight is 409 g/mol. The largest absolute Gasteiger partial charge is 0.508 e. The number of carboxylic acids is 1.